The lowest BCUT2D eigenvalue weighted by Gasteiger charge is -2.22. The van der Waals surface area contributed by atoms with Gasteiger partial charge in [0.25, 0.3) is 5.82 Å². The minimum Gasteiger partial charge on any atom is -0.447 e. The molecule has 0 amide bonds. The highest BCUT2D eigenvalue weighted by Crippen LogP contribution is 2.28. The fraction of sp³-hybridized carbons (Fsp3) is 0.300. The number of nitrogens with zero attached hydrogens (tertiary/aromatic N) is 3. The maximum absolute atomic E-state index is 7.74. The highest BCUT2D eigenvalue weighted by Gasteiger charge is 2.38. The van der Waals surface area contributed by atoms with E-state index in [0.717, 1.165) is 22.3 Å². The van der Waals surface area contributed by atoms with Gasteiger partial charge in [0.2, 0.25) is 5.71 Å². The molecule has 4 nitrogen and oxygen atoms in total. The Balaban J connectivity index is 1.82. The number of aromatic nitrogens is 2. The van der Waals surface area contributed by atoms with Gasteiger partial charge in [-0.15, -0.1) is 0 Å². The molecule has 0 saturated heterocycles. The lowest BCUT2D eigenvalue weighted by atomic mass is 9.57. The van der Waals surface area contributed by atoms with Crippen molar-refractivity contribution >= 4 is 35.5 Å². The minimum absolute atomic E-state index is 0.0133. The van der Waals surface area contributed by atoms with Crippen molar-refractivity contribution in [1.29, 1.82) is 0 Å². The molecule has 0 spiro atoms. The van der Waals surface area contributed by atoms with Crippen molar-refractivity contribution in [3.63, 3.8) is 0 Å². The number of aryl methyl sites for hydroxylation is 5. The van der Waals surface area contributed by atoms with Crippen molar-refractivity contribution in [1.82, 2.24) is 4.98 Å². The zero-order chi connectivity index (χ0) is 22.9. The Labute approximate surface area is 157 Å². The van der Waals surface area contributed by atoms with Crippen LogP contribution in [0.5, 0.6) is 0 Å². The Kier molecular flexibility index (Phi) is 2.29. The molecule has 1 aliphatic heterocycles. The monoisotopic (exact) mass is 338 g/mol. The molecule has 0 bridgehead atoms. The lowest BCUT2D eigenvalue weighted by Crippen LogP contribution is -2.50. The molecule has 4 heterocycles. The lowest BCUT2D eigenvalue weighted by molar-refractivity contribution is -0.658. The third kappa shape index (κ3) is 2.37. The van der Waals surface area contributed by atoms with Crippen LogP contribution < -0.4 is 15.0 Å². The van der Waals surface area contributed by atoms with Crippen LogP contribution >= 0.6 is 0 Å². The van der Waals surface area contributed by atoms with E-state index in [0.29, 0.717) is 22.5 Å². The van der Waals surface area contributed by atoms with Crippen molar-refractivity contribution in [2.45, 2.75) is 34.4 Å². The molecule has 3 aromatic rings. The summed E-state index contributed by atoms with van der Waals surface area (Å²) in [6, 6.07) is 3.44. The second-order valence-electron chi connectivity index (χ2n) is 6.62. The molecule has 0 atom stereocenters. The van der Waals surface area contributed by atoms with Crippen LogP contribution in [0.4, 0.5) is 5.82 Å². The van der Waals surface area contributed by atoms with Gasteiger partial charge < -0.3 is 4.42 Å². The van der Waals surface area contributed by atoms with Gasteiger partial charge in [0, 0.05) is 25.5 Å². The van der Waals surface area contributed by atoms with Crippen LogP contribution in [0.15, 0.2) is 28.9 Å². The molecular formula is C20H23BN3O+. The summed E-state index contributed by atoms with van der Waals surface area (Å²) in [7, 11) is 1.81. The third-order valence-corrected chi connectivity index (χ3v) is 4.84. The number of anilines is 1. The smallest absolute Gasteiger partial charge is 0.447 e. The van der Waals surface area contributed by atoms with Gasteiger partial charge in [-0.2, -0.15) is 0 Å². The Bertz CT molecular complexity index is 1230. The molecule has 0 N–H and O–H groups in total. The van der Waals surface area contributed by atoms with E-state index < -0.39 is 13.7 Å². The molecule has 0 saturated carbocycles. The summed E-state index contributed by atoms with van der Waals surface area (Å²) in [5.41, 5.74) is 3.70. The number of fused-ring (bicyclic) bond motifs is 3. The first-order chi connectivity index (χ1) is 14.3. The zero-order valence-electron chi connectivity index (χ0n) is 20.7. The van der Waals surface area contributed by atoms with Gasteiger partial charge in [-0.1, -0.05) is 0 Å². The number of rotatable bonds is 1. The van der Waals surface area contributed by atoms with Crippen molar-refractivity contribution in [2.75, 3.05) is 4.81 Å². The Morgan fingerprint density at radius 2 is 2.04 bits per heavy atom. The van der Waals surface area contributed by atoms with Gasteiger partial charge in [0.15, 0.2) is 0 Å². The molecule has 1 aliphatic rings. The molecule has 126 valence electrons. The molecule has 4 rings (SSSR count). The quantitative estimate of drug-likeness (QED) is 0.505. The fourth-order valence-electron chi connectivity index (χ4n) is 3.48. The standard InChI is InChI=1S/C20H23BN3O/c1-12-10-17(23(6)11-14(12)3)24-8-7-16-18-13(2)9-15(4)22-20(18)25-19(16)21(24)5/h7-11H,1-6H3/q+1/i3D3,4D3. The molecule has 0 radical (unpaired) electrons. The molecule has 5 heteroatoms. The summed E-state index contributed by atoms with van der Waals surface area (Å²) in [5.74, 6) is 0.813. The number of hydrogen-bond acceptors (Lipinski definition) is 3. The van der Waals surface area contributed by atoms with E-state index in [1.54, 1.807) is 23.8 Å². The second-order valence-corrected chi connectivity index (χ2v) is 6.62. The Morgan fingerprint density at radius 3 is 2.80 bits per heavy atom. The maximum atomic E-state index is 7.74. The molecule has 3 aromatic heterocycles. The first-order valence-electron chi connectivity index (χ1n) is 11.2. The fourth-order valence-corrected chi connectivity index (χ4v) is 3.48. The van der Waals surface area contributed by atoms with E-state index in [1.807, 2.05) is 43.9 Å². The van der Waals surface area contributed by atoms with Gasteiger partial charge in [-0.25, -0.2) is 9.55 Å². The second kappa shape index (κ2) is 5.48. The third-order valence-electron chi connectivity index (χ3n) is 4.84. The molecule has 0 unspecified atom stereocenters. The Morgan fingerprint density at radius 1 is 1.20 bits per heavy atom. The summed E-state index contributed by atoms with van der Waals surface area (Å²) in [5, 5.41) is 0.809. The van der Waals surface area contributed by atoms with E-state index >= 15 is 0 Å². The van der Waals surface area contributed by atoms with Gasteiger partial charge in [0.05, 0.1) is 24.8 Å². The predicted molar refractivity (Wildman–Crippen MR) is 103 cm³/mol. The molecule has 0 fully saturated rings. The van der Waals surface area contributed by atoms with Crippen molar-refractivity contribution in [2.24, 2.45) is 7.05 Å². The van der Waals surface area contributed by atoms with Crippen molar-refractivity contribution in [3.05, 3.63) is 52.5 Å². The summed E-state index contributed by atoms with van der Waals surface area (Å²) in [4.78, 5) is 6.27. The predicted octanol–water partition coefficient (Wildman–Crippen LogP) is 3.21. The zero-order valence-corrected chi connectivity index (χ0v) is 14.7. The van der Waals surface area contributed by atoms with E-state index in [2.05, 4.69) is 4.98 Å². The number of hydrogen-bond donors (Lipinski definition) is 0. The van der Waals surface area contributed by atoms with Crippen LogP contribution in [-0.2, 0) is 7.05 Å². The van der Waals surface area contributed by atoms with Gasteiger partial charge in [0.1, 0.15) is 5.66 Å². The van der Waals surface area contributed by atoms with Crippen LogP contribution in [-0.4, -0.2) is 11.8 Å². The summed E-state index contributed by atoms with van der Waals surface area (Å²) in [6.45, 7) is 0.942. The first-order valence-corrected chi connectivity index (χ1v) is 8.21. The van der Waals surface area contributed by atoms with E-state index in [9.17, 15) is 0 Å². The van der Waals surface area contributed by atoms with E-state index in [1.165, 1.54) is 0 Å². The number of furan rings is 1. The molecule has 25 heavy (non-hydrogen) atoms. The first kappa shape index (κ1) is 10.4. The highest BCUT2D eigenvalue weighted by atomic mass is 16.3. The molecule has 0 aliphatic carbocycles. The minimum atomic E-state index is -2.31. The topological polar surface area (TPSA) is 33.2 Å². The number of pyridine rings is 2. The summed E-state index contributed by atoms with van der Waals surface area (Å²) < 4.78 is 54.0. The van der Waals surface area contributed by atoms with Gasteiger partial charge >= 0.3 is 6.85 Å². The van der Waals surface area contributed by atoms with Crippen LogP contribution in [0, 0.1) is 27.6 Å². The van der Waals surface area contributed by atoms with Crippen LogP contribution in [0.25, 0.3) is 17.2 Å². The Hall–Kier alpha value is -2.56. The van der Waals surface area contributed by atoms with Crippen LogP contribution in [0.2, 0.25) is 6.82 Å². The van der Waals surface area contributed by atoms with E-state index in [-0.39, 0.29) is 12.5 Å². The molecule has 0 aromatic carbocycles. The largest absolute Gasteiger partial charge is 0.447 e. The average Bonchev–Trinajstić information content (AvgIpc) is 3.02. The van der Waals surface area contributed by atoms with E-state index in [4.69, 9.17) is 12.6 Å². The summed E-state index contributed by atoms with van der Waals surface area (Å²) in [6.07, 6.45) is 5.50. The maximum Gasteiger partial charge on any atom is 0.447 e. The van der Waals surface area contributed by atoms with Crippen LogP contribution in [0.3, 0.4) is 0 Å². The summed E-state index contributed by atoms with van der Waals surface area (Å²) >= 11 is 0. The van der Waals surface area contributed by atoms with Gasteiger partial charge in [-0.05, 0) is 63.2 Å². The SMILES string of the molecule is [2H]C([2H])([2H])c1cc(C)c2c3c(oc2n1)B(C)N(c1cc(C)c(C([2H])([2H])[2H])c[n+]1C)C=C3. The van der Waals surface area contributed by atoms with Crippen molar-refractivity contribution in [3.8, 4) is 0 Å². The molecular weight excluding hydrogens is 309 g/mol. The van der Waals surface area contributed by atoms with Crippen molar-refractivity contribution < 1.29 is 17.2 Å². The van der Waals surface area contributed by atoms with Crippen LogP contribution in [0.1, 0.15) is 36.2 Å². The highest BCUT2D eigenvalue weighted by molar-refractivity contribution is 6.76. The van der Waals surface area contributed by atoms with Gasteiger partial charge in [-0.3, -0.25) is 4.81 Å². The normalized spacial score (nSPS) is 18.2. The average molecular weight is 338 g/mol.